The summed E-state index contributed by atoms with van der Waals surface area (Å²) in [5.41, 5.74) is 2.27. The van der Waals surface area contributed by atoms with Crippen molar-refractivity contribution in [2.24, 2.45) is 4.99 Å². The summed E-state index contributed by atoms with van der Waals surface area (Å²) in [4.78, 5) is 5.60. The lowest BCUT2D eigenvalue weighted by Gasteiger charge is -2.18. The number of ether oxygens (including phenoxy) is 2. The van der Waals surface area contributed by atoms with Crippen molar-refractivity contribution in [2.45, 2.75) is 39.0 Å². The van der Waals surface area contributed by atoms with Gasteiger partial charge in [0.2, 0.25) is 0 Å². The number of fused-ring (bicyclic) bond motifs is 1. The average Bonchev–Trinajstić information content (AvgIpc) is 3.25. The van der Waals surface area contributed by atoms with Crippen LogP contribution in [0.5, 0.6) is 11.5 Å². The lowest BCUT2D eigenvalue weighted by Crippen LogP contribution is -2.38. The molecule has 25 heavy (non-hydrogen) atoms. The zero-order chi connectivity index (χ0) is 17.8. The third-order valence-electron chi connectivity index (χ3n) is 4.29. The van der Waals surface area contributed by atoms with Crippen LogP contribution in [0.15, 0.2) is 34.6 Å². The number of hydrogen-bond acceptors (Lipinski definition) is 4. The molecule has 2 atom stereocenters. The molecule has 0 bridgehead atoms. The Morgan fingerprint density at radius 1 is 1.48 bits per heavy atom. The standard InChI is InChI=1S/C19H25N3O2S/c1-12-8-14-9-16(23-4)15(10-17(14)24-12)11-21-19(20-3)22-13(2)18-6-5-7-25-18/h5-7,9-10,12-13H,8,11H2,1-4H3,(H2,20,21,22). The van der Waals surface area contributed by atoms with Crippen LogP contribution in [0, 0.1) is 0 Å². The minimum absolute atomic E-state index is 0.206. The van der Waals surface area contributed by atoms with Gasteiger partial charge < -0.3 is 20.1 Å². The summed E-state index contributed by atoms with van der Waals surface area (Å²) < 4.78 is 11.4. The first-order chi connectivity index (χ1) is 12.1. The largest absolute Gasteiger partial charge is 0.496 e. The van der Waals surface area contributed by atoms with Gasteiger partial charge in [-0.25, -0.2) is 0 Å². The molecule has 6 heteroatoms. The summed E-state index contributed by atoms with van der Waals surface area (Å²) in [7, 11) is 3.48. The van der Waals surface area contributed by atoms with Crippen LogP contribution >= 0.6 is 11.3 Å². The lowest BCUT2D eigenvalue weighted by atomic mass is 10.1. The Balaban J connectivity index is 1.67. The minimum atomic E-state index is 0.206. The van der Waals surface area contributed by atoms with Gasteiger partial charge in [-0.05, 0) is 37.4 Å². The number of nitrogens with one attached hydrogen (secondary N) is 2. The highest BCUT2D eigenvalue weighted by Crippen LogP contribution is 2.34. The molecule has 5 nitrogen and oxygen atoms in total. The maximum absolute atomic E-state index is 5.87. The van der Waals surface area contributed by atoms with Crippen LogP contribution in [-0.4, -0.2) is 26.2 Å². The van der Waals surface area contributed by atoms with Crippen molar-refractivity contribution in [1.82, 2.24) is 10.6 Å². The van der Waals surface area contributed by atoms with Gasteiger partial charge in [-0.3, -0.25) is 4.99 Å². The van der Waals surface area contributed by atoms with Crippen LogP contribution in [-0.2, 0) is 13.0 Å². The van der Waals surface area contributed by atoms with Crippen LogP contribution in [0.1, 0.15) is 35.9 Å². The van der Waals surface area contributed by atoms with Crippen molar-refractivity contribution in [3.8, 4) is 11.5 Å². The molecule has 2 aromatic rings. The Labute approximate surface area is 153 Å². The Hall–Kier alpha value is -2.21. The molecule has 2 heterocycles. The first kappa shape index (κ1) is 17.6. The Kier molecular flexibility index (Phi) is 5.48. The minimum Gasteiger partial charge on any atom is -0.496 e. The zero-order valence-electron chi connectivity index (χ0n) is 15.1. The van der Waals surface area contributed by atoms with Crippen molar-refractivity contribution < 1.29 is 9.47 Å². The molecule has 2 unspecified atom stereocenters. The van der Waals surface area contributed by atoms with E-state index >= 15 is 0 Å². The molecule has 1 aliphatic rings. The average molecular weight is 359 g/mol. The summed E-state index contributed by atoms with van der Waals surface area (Å²) >= 11 is 1.74. The van der Waals surface area contributed by atoms with E-state index in [2.05, 4.69) is 59.1 Å². The molecule has 0 aliphatic carbocycles. The van der Waals surface area contributed by atoms with Crippen LogP contribution < -0.4 is 20.1 Å². The van der Waals surface area contributed by atoms with E-state index in [-0.39, 0.29) is 12.1 Å². The Morgan fingerprint density at radius 2 is 2.32 bits per heavy atom. The third kappa shape index (κ3) is 4.07. The van der Waals surface area contributed by atoms with Gasteiger partial charge in [-0.1, -0.05) is 6.07 Å². The van der Waals surface area contributed by atoms with E-state index < -0.39 is 0 Å². The number of nitrogens with zero attached hydrogens (tertiary/aromatic N) is 1. The highest BCUT2D eigenvalue weighted by atomic mass is 32.1. The fourth-order valence-electron chi connectivity index (χ4n) is 3.00. The Bertz CT molecular complexity index is 743. The fraction of sp³-hybridized carbons (Fsp3) is 0.421. The first-order valence-electron chi connectivity index (χ1n) is 8.47. The molecule has 0 spiro atoms. The summed E-state index contributed by atoms with van der Waals surface area (Å²) in [6.07, 6.45) is 1.16. The fourth-order valence-corrected chi connectivity index (χ4v) is 3.73. The third-order valence-corrected chi connectivity index (χ3v) is 5.35. The van der Waals surface area contributed by atoms with Crippen molar-refractivity contribution >= 4 is 17.3 Å². The predicted octanol–water partition coefficient (Wildman–Crippen LogP) is 3.51. The van der Waals surface area contributed by atoms with Crippen molar-refractivity contribution in [3.05, 3.63) is 45.6 Å². The van der Waals surface area contributed by atoms with E-state index in [1.165, 1.54) is 10.4 Å². The summed E-state index contributed by atoms with van der Waals surface area (Å²) in [5.74, 6) is 2.60. The molecule has 134 valence electrons. The van der Waals surface area contributed by atoms with Gasteiger partial charge in [-0.2, -0.15) is 0 Å². The van der Waals surface area contributed by atoms with Crippen LogP contribution in [0.4, 0.5) is 0 Å². The molecule has 1 aliphatic heterocycles. The summed E-state index contributed by atoms with van der Waals surface area (Å²) in [6.45, 7) is 4.83. The van der Waals surface area contributed by atoms with Crippen molar-refractivity contribution in [3.63, 3.8) is 0 Å². The lowest BCUT2D eigenvalue weighted by molar-refractivity contribution is 0.254. The molecule has 0 radical (unpaired) electrons. The zero-order valence-corrected chi connectivity index (χ0v) is 15.9. The SMILES string of the molecule is CN=C(NCc1cc2c(cc1OC)CC(C)O2)NC(C)c1cccs1. The molecule has 0 fully saturated rings. The molecular formula is C19H25N3O2S. The van der Waals surface area contributed by atoms with E-state index in [9.17, 15) is 0 Å². The number of methoxy groups -OCH3 is 1. The van der Waals surface area contributed by atoms with Crippen LogP contribution in [0.3, 0.4) is 0 Å². The molecular weight excluding hydrogens is 334 g/mol. The molecule has 1 aromatic carbocycles. The Morgan fingerprint density at radius 3 is 3.00 bits per heavy atom. The van der Waals surface area contributed by atoms with E-state index in [0.717, 1.165) is 29.4 Å². The van der Waals surface area contributed by atoms with Gasteiger partial charge in [0.15, 0.2) is 5.96 Å². The smallest absolute Gasteiger partial charge is 0.191 e. The second kappa shape index (κ2) is 7.78. The predicted molar refractivity (Wildman–Crippen MR) is 103 cm³/mol. The van der Waals surface area contributed by atoms with E-state index in [1.54, 1.807) is 25.5 Å². The number of benzene rings is 1. The van der Waals surface area contributed by atoms with Gasteiger partial charge in [-0.15, -0.1) is 11.3 Å². The second-order valence-electron chi connectivity index (χ2n) is 6.21. The molecule has 1 aromatic heterocycles. The molecule has 3 rings (SSSR count). The number of hydrogen-bond donors (Lipinski definition) is 2. The molecule has 0 saturated heterocycles. The molecule has 0 amide bonds. The number of aliphatic imine (C=N–C) groups is 1. The normalized spacial score (nSPS) is 17.6. The van der Waals surface area contributed by atoms with Gasteiger partial charge in [0.25, 0.3) is 0 Å². The van der Waals surface area contributed by atoms with Crippen LogP contribution in [0.25, 0.3) is 0 Å². The molecule has 2 N–H and O–H groups in total. The second-order valence-corrected chi connectivity index (χ2v) is 7.19. The summed E-state index contributed by atoms with van der Waals surface area (Å²) in [6, 6.07) is 8.54. The van der Waals surface area contributed by atoms with Crippen LogP contribution in [0.2, 0.25) is 0 Å². The van der Waals surface area contributed by atoms with E-state index in [1.807, 2.05) is 0 Å². The van der Waals surface area contributed by atoms with E-state index in [4.69, 9.17) is 9.47 Å². The van der Waals surface area contributed by atoms with Gasteiger partial charge in [0.05, 0.1) is 13.2 Å². The highest BCUT2D eigenvalue weighted by molar-refractivity contribution is 7.10. The van der Waals surface area contributed by atoms with Gasteiger partial charge >= 0.3 is 0 Å². The van der Waals surface area contributed by atoms with Gasteiger partial charge in [0, 0.05) is 36.0 Å². The quantitative estimate of drug-likeness (QED) is 0.634. The number of rotatable bonds is 5. The first-order valence-corrected chi connectivity index (χ1v) is 9.35. The van der Waals surface area contributed by atoms with Gasteiger partial charge in [0.1, 0.15) is 17.6 Å². The maximum atomic E-state index is 5.87. The number of thiophene rings is 1. The molecule has 0 saturated carbocycles. The van der Waals surface area contributed by atoms with Crippen molar-refractivity contribution in [1.29, 1.82) is 0 Å². The number of guanidine groups is 1. The topological polar surface area (TPSA) is 54.9 Å². The maximum Gasteiger partial charge on any atom is 0.191 e. The monoisotopic (exact) mass is 359 g/mol. The summed E-state index contributed by atoms with van der Waals surface area (Å²) in [5, 5.41) is 8.86. The van der Waals surface area contributed by atoms with E-state index in [0.29, 0.717) is 6.54 Å². The van der Waals surface area contributed by atoms with Crippen molar-refractivity contribution in [2.75, 3.05) is 14.2 Å². The highest BCUT2D eigenvalue weighted by Gasteiger charge is 2.21.